The Balaban J connectivity index is 2.16. The molecule has 1 atom stereocenters. The number of hydrogen-bond donors (Lipinski definition) is 1. The van der Waals surface area contributed by atoms with E-state index in [4.69, 9.17) is 9.68 Å². The lowest BCUT2D eigenvalue weighted by Crippen LogP contribution is -2.19. The molecule has 3 nitrogen and oxygen atoms in total. The second kappa shape index (κ2) is 4.58. The second-order valence-electron chi connectivity index (χ2n) is 2.79. The predicted molar refractivity (Wildman–Crippen MR) is 45.2 cm³/mol. The zero-order valence-corrected chi connectivity index (χ0v) is 7.08. The molecule has 1 rings (SSSR count). The van der Waals surface area contributed by atoms with Crippen LogP contribution in [0.2, 0.25) is 0 Å². The van der Waals surface area contributed by atoms with Gasteiger partial charge in [0.25, 0.3) is 0 Å². The van der Waals surface area contributed by atoms with Gasteiger partial charge in [-0.2, -0.15) is 5.26 Å². The lowest BCUT2D eigenvalue weighted by molar-refractivity contribution is 0.555. The molecule has 1 aromatic heterocycles. The maximum Gasteiger partial charge on any atom is 0.0947 e. The Labute approximate surface area is 72.0 Å². The lowest BCUT2D eigenvalue weighted by Gasteiger charge is -2.02. The molecule has 0 bridgehead atoms. The van der Waals surface area contributed by atoms with E-state index >= 15 is 0 Å². The summed E-state index contributed by atoms with van der Waals surface area (Å²) in [4.78, 5) is 0. The van der Waals surface area contributed by atoms with Crippen molar-refractivity contribution in [1.29, 1.82) is 5.26 Å². The van der Waals surface area contributed by atoms with E-state index in [1.165, 1.54) is 0 Å². The highest BCUT2D eigenvalue weighted by Gasteiger charge is 1.98. The molecule has 0 radical (unpaired) electrons. The minimum absolute atomic E-state index is 0.0666. The van der Waals surface area contributed by atoms with Crippen LogP contribution in [0.3, 0.4) is 0 Å². The number of hydrogen-bond acceptors (Lipinski definition) is 3. The molecule has 1 unspecified atom stereocenters. The van der Waals surface area contributed by atoms with Crippen LogP contribution in [0.15, 0.2) is 23.0 Å². The average molecular weight is 164 g/mol. The smallest absolute Gasteiger partial charge is 0.0947 e. The molecule has 0 amide bonds. The predicted octanol–water partition coefficient (Wildman–Crippen LogP) is 1.53. The highest BCUT2D eigenvalue weighted by atomic mass is 16.3. The van der Waals surface area contributed by atoms with Crippen molar-refractivity contribution in [3.8, 4) is 6.07 Å². The van der Waals surface area contributed by atoms with Crippen LogP contribution in [0.1, 0.15) is 12.5 Å². The Morgan fingerprint density at radius 1 is 1.75 bits per heavy atom. The molecule has 12 heavy (non-hydrogen) atoms. The molecule has 0 fully saturated rings. The summed E-state index contributed by atoms with van der Waals surface area (Å²) in [7, 11) is 0. The molecule has 1 N–H and O–H groups in total. The van der Waals surface area contributed by atoms with Crippen molar-refractivity contribution in [1.82, 2.24) is 5.32 Å². The first-order valence-electron chi connectivity index (χ1n) is 3.94. The molecule has 0 aliphatic rings. The van der Waals surface area contributed by atoms with E-state index in [0.29, 0.717) is 0 Å². The van der Waals surface area contributed by atoms with Gasteiger partial charge in [0.1, 0.15) is 0 Å². The molecule has 1 aromatic rings. The largest absolute Gasteiger partial charge is 0.472 e. The molecule has 0 aliphatic carbocycles. The summed E-state index contributed by atoms with van der Waals surface area (Å²) < 4.78 is 4.89. The van der Waals surface area contributed by atoms with E-state index in [2.05, 4.69) is 11.4 Å². The number of rotatable bonds is 4. The van der Waals surface area contributed by atoms with Gasteiger partial charge in [0, 0.05) is 18.7 Å². The summed E-state index contributed by atoms with van der Waals surface area (Å²) >= 11 is 0. The highest BCUT2D eigenvalue weighted by molar-refractivity contribution is 5.04. The lowest BCUT2D eigenvalue weighted by atomic mass is 10.2. The maximum atomic E-state index is 8.48. The van der Waals surface area contributed by atoms with Crippen LogP contribution >= 0.6 is 0 Å². The fourth-order valence-electron chi connectivity index (χ4n) is 0.872. The van der Waals surface area contributed by atoms with E-state index in [0.717, 1.165) is 18.7 Å². The quantitative estimate of drug-likeness (QED) is 0.734. The van der Waals surface area contributed by atoms with Crippen molar-refractivity contribution in [2.75, 3.05) is 6.54 Å². The summed E-state index contributed by atoms with van der Waals surface area (Å²) in [5.74, 6) is 0.0666. The molecular weight excluding hydrogens is 152 g/mol. The van der Waals surface area contributed by atoms with Gasteiger partial charge in [0.15, 0.2) is 0 Å². The fraction of sp³-hybridized carbons (Fsp3) is 0.444. The van der Waals surface area contributed by atoms with Crippen LogP contribution in [0.4, 0.5) is 0 Å². The van der Waals surface area contributed by atoms with Crippen molar-refractivity contribution in [3.63, 3.8) is 0 Å². The van der Waals surface area contributed by atoms with Crippen molar-refractivity contribution in [3.05, 3.63) is 24.2 Å². The van der Waals surface area contributed by atoms with Gasteiger partial charge >= 0.3 is 0 Å². The minimum Gasteiger partial charge on any atom is -0.472 e. The average Bonchev–Trinajstić information content (AvgIpc) is 2.57. The van der Waals surface area contributed by atoms with Crippen LogP contribution < -0.4 is 5.32 Å². The zero-order chi connectivity index (χ0) is 8.81. The summed E-state index contributed by atoms with van der Waals surface area (Å²) in [5.41, 5.74) is 1.11. The first-order chi connectivity index (χ1) is 5.83. The Hall–Kier alpha value is -1.27. The van der Waals surface area contributed by atoms with Crippen molar-refractivity contribution in [2.24, 2.45) is 5.92 Å². The molecule has 0 saturated carbocycles. The van der Waals surface area contributed by atoms with Crippen LogP contribution in [0, 0.1) is 17.2 Å². The Morgan fingerprint density at radius 2 is 2.58 bits per heavy atom. The summed E-state index contributed by atoms with van der Waals surface area (Å²) in [5, 5.41) is 11.6. The third kappa shape index (κ3) is 2.77. The Morgan fingerprint density at radius 3 is 3.17 bits per heavy atom. The van der Waals surface area contributed by atoms with Gasteiger partial charge in [0.05, 0.1) is 24.5 Å². The van der Waals surface area contributed by atoms with Gasteiger partial charge in [-0.25, -0.2) is 0 Å². The standard InChI is InChI=1S/C9H12N2O/c1-8(4-10)5-11-6-9-2-3-12-7-9/h2-3,7-8,11H,5-6H2,1H3. The molecule has 1 heterocycles. The van der Waals surface area contributed by atoms with Crippen LogP contribution in [-0.4, -0.2) is 6.54 Å². The third-order valence-electron chi connectivity index (χ3n) is 1.58. The van der Waals surface area contributed by atoms with E-state index in [1.54, 1.807) is 12.5 Å². The fourth-order valence-corrected chi connectivity index (χ4v) is 0.872. The number of furan rings is 1. The van der Waals surface area contributed by atoms with Crippen LogP contribution in [0.25, 0.3) is 0 Å². The molecule has 3 heteroatoms. The summed E-state index contributed by atoms with van der Waals surface area (Å²) in [6, 6.07) is 4.07. The van der Waals surface area contributed by atoms with Gasteiger partial charge in [0.2, 0.25) is 0 Å². The first-order valence-corrected chi connectivity index (χ1v) is 3.94. The highest BCUT2D eigenvalue weighted by Crippen LogP contribution is 1.98. The van der Waals surface area contributed by atoms with Gasteiger partial charge < -0.3 is 9.73 Å². The van der Waals surface area contributed by atoms with E-state index in [1.807, 2.05) is 13.0 Å². The van der Waals surface area contributed by atoms with Crippen molar-refractivity contribution in [2.45, 2.75) is 13.5 Å². The van der Waals surface area contributed by atoms with Gasteiger partial charge in [-0.05, 0) is 13.0 Å². The normalized spacial score (nSPS) is 12.3. The molecule has 0 spiro atoms. The molecular formula is C9H12N2O. The monoisotopic (exact) mass is 164 g/mol. The van der Waals surface area contributed by atoms with Crippen LogP contribution in [0.5, 0.6) is 0 Å². The first kappa shape index (κ1) is 8.82. The number of nitrogens with one attached hydrogen (secondary N) is 1. The summed E-state index contributed by atoms with van der Waals surface area (Å²) in [6.07, 6.45) is 3.34. The number of nitrogens with zero attached hydrogens (tertiary/aromatic N) is 1. The molecule has 0 aliphatic heterocycles. The Bertz CT molecular complexity index is 248. The van der Waals surface area contributed by atoms with Gasteiger partial charge in [-0.3, -0.25) is 0 Å². The van der Waals surface area contributed by atoms with Crippen molar-refractivity contribution < 1.29 is 4.42 Å². The van der Waals surface area contributed by atoms with E-state index in [-0.39, 0.29) is 5.92 Å². The van der Waals surface area contributed by atoms with E-state index in [9.17, 15) is 0 Å². The zero-order valence-electron chi connectivity index (χ0n) is 7.08. The summed E-state index contributed by atoms with van der Waals surface area (Å²) in [6.45, 7) is 3.38. The SMILES string of the molecule is CC(C#N)CNCc1ccoc1. The molecule has 0 aromatic carbocycles. The van der Waals surface area contributed by atoms with Gasteiger partial charge in [-0.1, -0.05) is 0 Å². The van der Waals surface area contributed by atoms with Gasteiger partial charge in [-0.15, -0.1) is 0 Å². The Kier molecular flexibility index (Phi) is 3.36. The topological polar surface area (TPSA) is 49.0 Å². The maximum absolute atomic E-state index is 8.48. The third-order valence-corrected chi connectivity index (χ3v) is 1.58. The molecule has 64 valence electrons. The van der Waals surface area contributed by atoms with Crippen LogP contribution in [-0.2, 0) is 6.54 Å². The second-order valence-corrected chi connectivity index (χ2v) is 2.79. The van der Waals surface area contributed by atoms with E-state index < -0.39 is 0 Å². The molecule has 0 saturated heterocycles. The van der Waals surface area contributed by atoms with Crippen molar-refractivity contribution >= 4 is 0 Å². The number of nitriles is 1. The minimum atomic E-state index is 0.0666.